The molecule has 3 heteroatoms. The van der Waals surface area contributed by atoms with Gasteiger partial charge in [0.2, 0.25) is 5.91 Å². The van der Waals surface area contributed by atoms with Gasteiger partial charge in [0.25, 0.3) is 0 Å². The lowest BCUT2D eigenvalue weighted by atomic mass is 10.3. The number of nitrogens with zero attached hydrogens (tertiary/aromatic N) is 1. The fourth-order valence-corrected chi connectivity index (χ4v) is 1.06. The van der Waals surface area contributed by atoms with Crippen LogP contribution in [0.2, 0.25) is 0 Å². The van der Waals surface area contributed by atoms with E-state index in [4.69, 9.17) is 5.26 Å². The van der Waals surface area contributed by atoms with Crippen LogP contribution < -0.4 is 5.32 Å². The molecule has 1 aliphatic carbocycles. The second kappa shape index (κ2) is 3.38. The Labute approximate surface area is 66.4 Å². The van der Waals surface area contributed by atoms with Crippen LogP contribution in [0.25, 0.3) is 0 Å². The maximum atomic E-state index is 11.1. The van der Waals surface area contributed by atoms with Crippen LogP contribution in [0.5, 0.6) is 0 Å². The third-order valence-electron chi connectivity index (χ3n) is 1.98. The van der Waals surface area contributed by atoms with Gasteiger partial charge in [-0.2, -0.15) is 5.26 Å². The van der Waals surface area contributed by atoms with Crippen molar-refractivity contribution in [1.29, 1.82) is 5.26 Å². The van der Waals surface area contributed by atoms with Crippen molar-refractivity contribution in [2.45, 2.75) is 19.8 Å². The van der Waals surface area contributed by atoms with E-state index in [2.05, 4.69) is 12.2 Å². The van der Waals surface area contributed by atoms with Crippen LogP contribution >= 0.6 is 0 Å². The fourth-order valence-electron chi connectivity index (χ4n) is 1.06. The van der Waals surface area contributed by atoms with Crippen molar-refractivity contribution in [3.8, 4) is 6.07 Å². The van der Waals surface area contributed by atoms with E-state index < -0.39 is 0 Å². The molecule has 60 valence electrons. The standard InChI is InChI=1S/C8H12N2O/c1-6-5-7(6)8(11)10-4-2-3-9/h6-7H,2,4-5H2,1H3,(H,10,11)/t6-,7-/m1/s1. The topological polar surface area (TPSA) is 52.9 Å². The molecule has 11 heavy (non-hydrogen) atoms. The Morgan fingerprint density at radius 1 is 1.82 bits per heavy atom. The minimum atomic E-state index is 0.118. The summed E-state index contributed by atoms with van der Waals surface area (Å²) < 4.78 is 0. The van der Waals surface area contributed by atoms with Crippen LogP contribution in [0.15, 0.2) is 0 Å². The zero-order chi connectivity index (χ0) is 8.27. The Hall–Kier alpha value is -1.04. The summed E-state index contributed by atoms with van der Waals surface area (Å²) in [5, 5.41) is 10.9. The minimum absolute atomic E-state index is 0.118. The maximum Gasteiger partial charge on any atom is 0.223 e. The molecule has 0 aromatic rings. The summed E-state index contributed by atoms with van der Waals surface area (Å²) in [6.45, 7) is 2.56. The van der Waals surface area contributed by atoms with Gasteiger partial charge in [-0.15, -0.1) is 0 Å². The Morgan fingerprint density at radius 2 is 2.45 bits per heavy atom. The molecule has 1 fully saturated rings. The molecule has 0 bridgehead atoms. The van der Waals surface area contributed by atoms with E-state index in [1.165, 1.54) is 0 Å². The molecule has 0 aliphatic heterocycles. The van der Waals surface area contributed by atoms with Gasteiger partial charge < -0.3 is 5.32 Å². The Kier molecular flexibility index (Phi) is 2.48. The highest BCUT2D eigenvalue weighted by molar-refractivity contribution is 5.81. The zero-order valence-corrected chi connectivity index (χ0v) is 6.63. The molecule has 0 spiro atoms. The van der Waals surface area contributed by atoms with E-state index in [9.17, 15) is 4.79 Å². The van der Waals surface area contributed by atoms with Gasteiger partial charge in [-0.05, 0) is 12.3 Å². The van der Waals surface area contributed by atoms with Crippen molar-refractivity contribution in [3.63, 3.8) is 0 Å². The average Bonchev–Trinajstić information content (AvgIpc) is 2.67. The molecule has 0 radical (unpaired) electrons. The molecular weight excluding hydrogens is 140 g/mol. The van der Waals surface area contributed by atoms with Crippen molar-refractivity contribution in [2.24, 2.45) is 11.8 Å². The predicted octanol–water partition coefficient (Wildman–Crippen LogP) is 0.672. The summed E-state index contributed by atoms with van der Waals surface area (Å²) in [6, 6.07) is 1.98. The van der Waals surface area contributed by atoms with Crippen LogP contribution in [0.4, 0.5) is 0 Å². The molecule has 0 saturated heterocycles. The van der Waals surface area contributed by atoms with Crippen molar-refractivity contribution in [3.05, 3.63) is 0 Å². The van der Waals surface area contributed by atoms with E-state index in [0.717, 1.165) is 6.42 Å². The van der Waals surface area contributed by atoms with Crippen molar-refractivity contribution >= 4 is 5.91 Å². The van der Waals surface area contributed by atoms with Gasteiger partial charge in [-0.1, -0.05) is 6.92 Å². The van der Waals surface area contributed by atoms with Crippen LogP contribution in [-0.4, -0.2) is 12.5 Å². The van der Waals surface area contributed by atoms with Crippen LogP contribution in [0.1, 0.15) is 19.8 Å². The van der Waals surface area contributed by atoms with Gasteiger partial charge in [0, 0.05) is 12.5 Å². The smallest absolute Gasteiger partial charge is 0.223 e. The molecule has 0 heterocycles. The molecule has 3 nitrogen and oxygen atoms in total. The third kappa shape index (κ3) is 2.23. The highest BCUT2D eigenvalue weighted by Gasteiger charge is 2.38. The highest BCUT2D eigenvalue weighted by Crippen LogP contribution is 2.37. The minimum Gasteiger partial charge on any atom is -0.355 e. The first-order chi connectivity index (χ1) is 5.25. The second-order valence-electron chi connectivity index (χ2n) is 3.02. The summed E-state index contributed by atoms with van der Waals surface area (Å²) in [5.74, 6) is 0.901. The van der Waals surface area contributed by atoms with E-state index >= 15 is 0 Å². The monoisotopic (exact) mass is 152 g/mol. The molecule has 1 aliphatic rings. The molecule has 0 aromatic carbocycles. The fraction of sp³-hybridized carbons (Fsp3) is 0.750. The largest absolute Gasteiger partial charge is 0.355 e. The van der Waals surface area contributed by atoms with Crippen LogP contribution in [0, 0.1) is 23.2 Å². The molecule has 1 N–H and O–H groups in total. The SMILES string of the molecule is C[C@@H]1C[C@H]1C(=O)NCCC#N. The van der Waals surface area contributed by atoms with Gasteiger partial charge in [-0.3, -0.25) is 4.79 Å². The number of nitriles is 1. The number of carbonyl (C=O) groups is 1. The maximum absolute atomic E-state index is 11.1. The zero-order valence-electron chi connectivity index (χ0n) is 6.63. The lowest BCUT2D eigenvalue weighted by Gasteiger charge is -1.99. The van der Waals surface area contributed by atoms with Gasteiger partial charge in [0.15, 0.2) is 0 Å². The predicted molar refractivity (Wildman–Crippen MR) is 40.5 cm³/mol. The first-order valence-electron chi connectivity index (χ1n) is 3.90. The summed E-state index contributed by atoms with van der Waals surface area (Å²) in [5.41, 5.74) is 0. The van der Waals surface area contributed by atoms with Crippen molar-refractivity contribution in [1.82, 2.24) is 5.32 Å². The number of rotatable bonds is 3. The summed E-state index contributed by atoms with van der Waals surface area (Å²) in [7, 11) is 0. The second-order valence-corrected chi connectivity index (χ2v) is 3.02. The number of nitrogens with one attached hydrogen (secondary N) is 1. The lowest BCUT2D eigenvalue weighted by Crippen LogP contribution is -2.26. The number of hydrogen-bond donors (Lipinski definition) is 1. The number of carbonyl (C=O) groups excluding carboxylic acids is 1. The molecule has 2 atom stereocenters. The molecular formula is C8H12N2O. The average molecular weight is 152 g/mol. The van der Waals surface area contributed by atoms with Crippen LogP contribution in [0.3, 0.4) is 0 Å². The van der Waals surface area contributed by atoms with E-state index in [0.29, 0.717) is 18.9 Å². The van der Waals surface area contributed by atoms with Crippen molar-refractivity contribution < 1.29 is 4.79 Å². The van der Waals surface area contributed by atoms with Gasteiger partial charge in [-0.25, -0.2) is 0 Å². The summed E-state index contributed by atoms with van der Waals surface area (Å²) >= 11 is 0. The van der Waals surface area contributed by atoms with Crippen molar-refractivity contribution in [2.75, 3.05) is 6.54 Å². The lowest BCUT2D eigenvalue weighted by molar-refractivity contribution is -0.122. The molecule has 1 saturated carbocycles. The molecule has 1 rings (SSSR count). The summed E-state index contributed by atoms with van der Waals surface area (Å²) in [6.07, 6.45) is 1.42. The Balaban J connectivity index is 2.08. The summed E-state index contributed by atoms with van der Waals surface area (Å²) in [4.78, 5) is 11.1. The Morgan fingerprint density at radius 3 is 2.91 bits per heavy atom. The molecule has 0 aromatic heterocycles. The Bertz CT molecular complexity index is 195. The van der Waals surface area contributed by atoms with Gasteiger partial charge in [0.05, 0.1) is 12.5 Å². The first-order valence-corrected chi connectivity index (χ1v) is 3.90. The van der Waals surface area contributed by atoms with E-state index in [1.807, 2.05) is 6.07 Å². The van der Waals surface area contributed by atoms with Crippen LogP contribution in [-0.2, 0) is 4.79 Å². The first kappa shape index (κ1) is 8.06. The van der Waals surface area contributed by atoms with Gasteiger partial charge in [0.1, 0.15) is 0 Å². The van der Waals surface area contributed by atoms with Gasteiger partial charge >= 0.3 is 0 Å². The van der Waals surface area contributed by atoms with E-state index in [-0.39, 0.29) is 11.8 Å². The number of amides is 1. The molecule has 0 unspecified atom stereocenters. The quantitative estimate of drug-likeness (QED) is 0.604. The number of hydrogen-bond acceptors (Lipinski definition) is 2. The highest BCUT2D eigenvalue weighted by atomic mass is 16.2. The van der Waals surface area contributed by atoms with E-state index in [1.54, 1.807) is 0 Å². The molecule has 1 amide bonds. The third-order valence-corrected chi connectivity index (χ3v) is 1.98. The normalized spacial score (nSPS) is 27.3.